The van der Waals surface area contributed by atoms with Gasteiger partial charge in [-0.2, -0.15) is 5.10 Å². The normalized spacial score (nSPS) is 11.6. The summed E-state index contributed by atoms with van der Waals surface area (Å²) >= 11 is 0. The number of aromatic nitrogens is 2. The van der Waals surface area contributed by atoms with E-state index in [4.69, 9.17) is 14.2 Å². The molecule has 2 aromatic carbocycles. The van der Waals surface area contributed by atoms with Gasteiger partial charge in [-0.25, -0.2) is 9.48 Å². The Morgan fingerprint density at radius 2 is 1.81 bits per heavy atom. The van der Waals surface area contributed by atoms with Crippen molar-refractivity contribution in [1.29, 1.82) is 0 Å². The smallest absolute Gasteiger partial charge is 0.360 e. The molecule has 1 aromatic heterocycles. The van der Waals surface area contributed by atoms with Gasteiger partial charge in [0.05, 0.1) is 25.3 Å². The average molecular weight is 425 g/mol. The molecular weight excluding hydrogens is 402 g/mol. The van der Waals surface area contributed by atoms with Gasteiger partial charge in [0, 0.05) is 18.0 Å². The summed E-state index contributed by atoms with van der Waals surface area (Å²) in [4.78, 5) is 37.9. The fraction of sp³-hybridized carbons (Fsp3) is 0.273. The second kappa shape index (κ2) is 9.29. The summed E-state index contributed by atoms with van der Waals surface area (Å²) in [7, 11) is 2.98. The van der Waals surface area contributed by atoms with E-state index in [1.54, 1.807) is 49.4 Å². The van der Waals surface area contributed by atoms with Gasteiger partial charge in [-0.1, -0.05) is 18.2 Å². The third kappa shape index (κ3) is 4.50. The Labute approximate surface area is 178 Å². The Balaban J connectivity index is 1.84. The molecule has 0 aliphatic heterocycles. The third-order valence-corrected chi connectivity index (χ3v) is 4.68. The SMILES string of the molecule is CCn1nc(C(=O)O[C@H](C)C(=O)Nc2cc(OC)ccc2OC)c2ccccc2c1=O. The predicted molar refractivity (Wildman–Crippen MR) is 115 cm³/mol. The second-order valence-electron chi connectivity index (χ2n) is 6.62. The molecule has 0 aliphatic rings. The molecule has 1 heterocycles. The monoisotopic (exact) mass is 425 g/mol. The van der Waals surface area contributed by atoms with Crippen LogP contribution in [0.4, 0.5) is 5.69 Å². The Morgan fingerprint density at radius 1 is 1.10 bits per heavy atom. The summed E-state index contributed by atoms with van der Waals surface area (Å²) in [5.41, 5.74) is 0.0408. The molecule has 0 radical (unpaired) electrons. The van der Waals surface area contributed by atoms with E-state index in [2.05, 4.69) is 10.4 Å². The molecule has 1 atom stereocenters. The molecule has 9 nitrogen and oxygen atoms in total. The quantitative estimate of drug-likeness (QED) is 0.580. The zero-order valence-corrected chi connectivity index (χ0v) is 17.7. The van der Waals surface area contributed by atoms with Gasteiger partial charge in [0.15, 0.2) is 11.8 Å². The molecule has 0 saturated carbocycles. The first-order chi connectivity index (χ1) is 14.9. The van der Waals surface area contributed by atoms with Gasteiger partial charge in [-0.15, -0.1) is 0 Å². The van der Waals surface area contributed by atoms with Crippen LogP contribution < -0.4 is 20.3 Å². The zero-order valence-electron chi connectivity index (χ0n) is 17.7. The molecule has 3 aromatic rings. The molecule has 31 heavy (non-hydrogen) atoms. The largest absolute Gasteiger partial charge is 0.497 e. The number of carbonyl (C=O) groups is 2. The maximum Gasteiger partial charge on any atom is 0.360 e. The second-order valence-corrected chi connectivity index (χ2v) is 6.62. The van der Waals surface area contributed by atoms with Crippen molar-refractivity contribution >= 4 is 28.3 Å². The van der Waals surface area contributed by atoms with Crippen molar-refractivity contribution in [2.75, 3.05) is 19.5 Å². The molecule has 1 amide bonds. The molecule has 3 rings (SSSR count). The van der Waals surface area contributed by atoms with Crippen LogP contribution in [0, 0.1) is 0 Å². The van der Waals surface area contributed by atoms with Crippen LogP contribution in [0.2, 0.25) is 0 Å². The van der Waals surface area contributed by atoms with Crippen molar-refractivity contribution in [2.24, 2.45) is 0 Å². The van der Waals surface area contributed by atoms with Crippen LogP contribution in [-0.2, 0) is 16.1 Å². The lowest BCUT2D eigenvalue weighted by atomic mass is 10.1. The van der Waals surface area contributed by atoms with Crippen LogP contribution in [0.3, 0.4) is 0 Å². The molecule has 0 bridgehead atoms. The lowest BCUT2D eigenvalue weighted by molar-refractivity contribution is -0.123. The maximum absolute atomic E-state index is 12.8. The highest BCUT2D eigenvalue weighted by atomic mass is 16.5. The average Bonchev–Trinajstić information content (AvgIpc) is 2.79. The summed E-state index contributed by atoms with van der Waals surface area (Å²) < 4.78 is 16.9. The van der Waals surface area contributed by atoms with E-state index < -0.39 is 18.0 Å². The van der Waals surface area contributed by atoms with Crippen molar-refractivity contribution in [1.82, 2.24) is 9.78 Å². The molecule has 162 valence electrons. The lowest BCUT2D eigenvalue weighted by Gasteiger charge is -2.16. The minimum Gasteiger partial charge on any atom is -0.497 e. The Morgan fingerprint density at radius 3 is 2.45 bits per heavy atom. The number of fused-ring (bicyclic) bond motifs is 1. The van der Waals surface area contributed by atoms with Gasteiger partial charge in [-0.05, 0) is 32.0 Å². The summed E-state index contributed by atoms with van der Waals surface area (Å²) in [6.45, 7) is 3.48. The van der Waals surface area contributed by atoms with E-state index in [0.29, 0.717) is 28.0 Å². The molecule has 0 saturated heterocycles. The molecule has 0 aliphatic carbocycles. The summed E-state index contributed by atoms with van der Waals surface area (Å²) in [6.07, 6.45) is -1.13. The standard InChI is InChI=1S/C22H23N3O6/c1-5-25-21(27)16-9-7-6-8-15(16)19(24-25)22(28)31-13(2)20(26)23-17-12-14(29-3)10-11-18(17)30-4/h6-13H,5H2,1-4H3,(H,23,26)/t13-/m1/s1. The molecular formula is C22H23N3O6. The maximum atomic E-state index is 12.8. The van der Waals surface area contributed by atoms with Crippen molar-refractivity contribution in [3.63, 3.8) is 0 Å². The first kappa shape index (κ1) is 21.8. The van der Waals surface area contributed by atoms with E-state index in [1.807, 2.05) is 0 Å². The van der Waals surface area contributed by atoms with Gasteiger partial charge >= 0.3 is 5.97 Å². The number of ether oxygens (including phenoxy) is 3. The molecule has 1 N–H and O–H groups in total. The van der Waals surface area contributed by atoms with Crippen LogP contribution in [-0.4, -0.2) is 42.0 Å². The first-order valence-electron chi connectivity index (χ1n) is 9.63. The molecule has 0 spiro atoms. The van der Waals surface area contributed by atoms with E-state index in [9.17, 15) is 14.4 Å². The lowest BCUT2D eigenvalue weighted by Crippen LogP contribution is -2.32. The van der Waals surface area contributed by atoms with Crippen LogP contribution in [0.25, 0.3) is 10.8 Å². The number of nitrogens with one attached hydrogen (secondary N) is 1. The minimum absolute atomic E-state index is 0.0318. The van der Waals surface area contributed by atoms with Crippen molar-refractivity contribution in [3.8, 4) is 11.5 Å². The number of carbonyl (C=O) groups excluding carboxylic acids is 2. The number of anilines is 1. The van der Waals surface area contributed by atoms with Gasteiger partial charge < -0.3 is 19.5 Å². The Kier molecular flexibility index (Phi) is 6.54. The number of nitrogens with zero attached hydrogens (tertiary/aromatic N) is 2. The summed E-state index contributed by atoms with van der Waals surface area (Å²) in [5.74, 6) is -0.416. The third-order valence-electron chi connectivity index (χ3n) is 4.68. The highest BCUT2D eigenvalue weighted by Gasteiger charge is 2.24. The number of rotatable bonds is 7. The molecule has 9 heteroatoms. The summed E-state index contributed by atoms with van der Waals surface area (Å²) in [6, 6.07) is 11.6. The number of aryl methyl sites for hydroxylation is 1. The number of methoxy groups -OCH3 is 2. The number of hydrogen-bond acceptors (Lipinski definition) is 7. The van der Waals surface area contributed by atoms with Gasteiger partial charge in [0.25, 0.3) is 11.5 Å². The molecule has 0 fully saturated rings. The van der Waals surface area contributed by atoms with Crippen LogP contribution in [0.15, 0.2) is 47.3 Å². The highest BCUT2D eigenvalue weighted by Crippen LogP contribution is 2.29. The highest BCUT2D eigenvalue weighted by molar-refractivity contribution is 6.04. The number of amides is 1. The van der Waals surface area contributed by atoms with E-state index >= 15 is 0 Å². The number of benzene rings is 2. The molecule has 0 unspecified atom stereocenters. The van der Waals surface area contributed by atoms with Crippen LogP contribution in [0.1, 0.15) is 24.3 Å². The first-order valence-corrected chi connectivity index (χ1v) is 9.63. The van der Waals surface area contributed by atoms with Crippen molar-refractivity contribution in [2.45, 2.75) is 26.5 Å². The fourth-order valence-electron chi connectivity index (χ4n) is 3.02. The predicted octanol–water partition coefficient (Wildman–Crippen LogP) is 2.62. The summed E-state index contributed by atoms with van der Waals surface area (Å²) in [5, 5.41) is 7.51. The minimum atomic E-state index is -1.13. The Hall–Kier alpha value is -3.88. The topological polar surface area (TPSA) is 109 Å². The van der Waals surface area contributed by atoms with Crippen LogP contribution in [0.5, 0.6) is 11.5 Å². The fourth-order valence-corrected chi connectivity index (χ4v) is 3.02. The van der Waals surface area contributed by atoms with E-state index in [0.717, 1.165) is 0 Å². The van der Waals surface area contributed by atoms with Gasteiger partial charge in [-0.3, -0.25) is 9.59 Å². The van der Waals surface area contributed by atoms with E-state index in [1.165, 1.54) is 25.8 Å². The number of esters is 1. The Bertz CT molecular complexity index is 1190. The van der Waals surface area contributed by atoms with Crippen LogP contribution >= 0.6 is 0 Å². The van der Waals surface area contributed by atoms with Crippen molar-refractivity contribution in [3.05, 3.63) is 58.5 Å². The van der Waals surface area contributed by atoms with Gasteiger partial charge in [0.2, 0.25) is 0 Å². The number of hydrogen-bond donors (Lipinski definition) is 1. The van der Waals surface area contributed by atoms with Gasteiger partial charge in [0.1, 0.15) is 11.5 Å². The van der Waals surface area contributed by atoms with E-state index in [-0.39, 0.29) is 17.8 Å². The zero-order chi connectivity index (χ0) is 22.5. The van der Waals surface area contributed by atoms with Crippen molar-refractivity contribution < 1.29 is 23.8 Å².